The molecule has 3 aromatic rings. The van der Waals surface area contributed by atoms with E-state index in [0.717, 1.165) is 22.5 Å². The Bertz CT molecular complexity index is 748. The van der Waals surface area contributed by atoms with Crippen molar-refractivity contribution >= 4 is 11.3 Å². The van der Waals surface area contributed by atoms with Crippen molar-refractivity contribution in [3.63, 3.8) is 0 Å². The van der Waals surface area contributed by atoms with E-state index in [1.165, 1.54) is 0 Å². The first-order chi connectivity index (χ1) is 10.6. The van der Waals surface area contributed by atoms with Crippen LogP contribution in [0.15, 0.2) is 47.4 Å². The third-order valence-electron chi connectivity index (χ3n) is 3.49. The van der Waals surface area contributed by atoms with E-state index in [4.69, 9.17) is 0 Å². The fourth-order valence-electron chi connectivity index (χ4n) is 2.53. The highest BCUT2D eigenvalue weighted by Crippen LogP contribution is 2.26. The topological polar surface area (TPSA) is 58.3 Å². The van der Waals surface area contributed by atoms with Gasteiger partial charge in [0.1, 0.15) is 5.75 Å². The van der Waals surface area contributed by atoms with E-state index < -0.39 is 6.10 Å². The lowest BCUT2D eigenvalue weighted by Crippen LogP contribution is -2.11. The summed E-state index contributed by atoms with van der Waals surface area (Å²) in [7, 11) is 0. The molecule has 2 heterocycles. The minimum atomic E-state index is -0.433. The molecule has 0 spiro atoms. The molecule has 114 valence electrons. The monoisotopic (exact) mass is 314 g/mol. The number of phenolic OH excluding ortho intramolecular Hbond substituents is 1. The maximum atomic E-state index is 9.80. The Kier molecular flexibility index (Phi) is 4.27. The Morgan fingerprint density at radius 1 is 1.32 bits per heavy atom. The molecule has 5 heteroatoms. The fourth-order valence-corrected chi connectivity index (χ4v) is 3.17. The van der Waals surface area contributed by atoms with Crippen LogP contribution in [-0.2, 0) is 13.0 Å². The molecule has 2 aromatic heterocycles. The number of aromatic hydroxyl groups is 1. The van der Waals surface area contributed by atoms with Gasteiger partial charge >= 0.3 is 0 Å². The summed E-state index contributed by atoms with van der Waals surface area (Å²) in [6.07, 6.45) is 1.91. The van der Waals surface area contributed by atoms with Crippen LogP contribution in [-0.4, -0.2) is 25.9 Å². The summed E-state index contributed by atoms with van der Waals surface area (Å²) in [6, 6.07) is 9.24. The summed E-state index contributed by atoms with van der Waals surface area (Å²) < 4.78 is 2.04. The lowest BCUT2D eigenvalue weighted by molar-refractivity contribution is 0.193. The largest absolute Gasteiger partial charge is 0.508 e. The van der Waals surface area contributed by atoms with Crippen LogP contribution in [0.2, 0.25) is 0 Å². The number of aromatic nitrogens is 2. The van der Waals surface area contributed by atoms with Crippen molar-refractivity contribution in [1.29, 1.82) is 0 Å². The molecule has 0 aliphatic carbocycles. The van der Waals surface area contributed by atoms with E-state index in [9.17, 15) is 10.2 Å². The van der Waals surface area contributed by atoms with Crippen molar-refractivity contribution in [3.05, 3.63) is 58.7 Å². The van der Waals surface area contributed by atoms with Crippen LogP contribution in [0.3, 0.4) is 0 Å². The lowest BCUT2D eigenvalue weighted by atomic mass is 10.1. The van der Waals surface area contributed by atoms with Gasteiger partial charge in [0.25, 0.3) is 0 Å². The maximum absolute atomic E-state index is 9.80. The highest BCUT2D eigenvalue weighted by Gasteiger charge is 2.15. The van der Waals surface area contributed by atoms with Crippen LogP contribution < -0.4 is 0 Å². The van der Waals surface area contributed by atoms with E-state index in [1.54, 1.807) is 36.7 Å². The van der Waals surface area contributed by atoms with Gasteiger partial charge in [0.15, 0.2) is 0 Å². The Morgan fingerprint density at radius 2 is 2.18 bits per heavy atom. The molecule has 3 rings (SSSR count). The van der Waals surface area contributed by atoms with Crippen LogP contribution in [0.25, 0.3) is 11.3 Å². The number of aliphatic hydroxyl groups is 1. The summed E-state index contributed by atoms with van der Waals surface area (Å²) in [5, 5.41) is 23.5. The number of thiophene rings is 1. The predicted molar refractivity (Wildman–Crippen MR) is 88.1 cm³/mol. The fraction of sp³-hybridized carbons (Fsp3) is 0.235. The van der Waals surface area contributed by atoms with Gasteiger partial charge in [-0.15, -0.1) is 0 Å². The molecule has 0 bridgehead atoms. The number of benzene rings is 1. The Hall–Kier alpha value is -2.11. The number of imidazole rings is 1. The van der Waals surface area contributed by atoms with Crippen LogP contribution >= 0.6 is 11.3 Å². The third kappa shape index (κ3) is 3.21. The molecule has 0 fully saturated rings. The van der Waals surface area contributed by atoms with E-state index in [-0.39, 0.29) is 5.75 Å². The molecule has 0 aliphatic rings. The van der Waals surface area contributed by atoms with Gasteiger partial charge in [-0.1, -0.05) is 12.1 Å². The second-order valence-corrected chi connectivity index (χ2v) is 6.18. The molecule has 2 N–H and O–H groups in total. The van der Waals surface area contributed by atoms with Crippen LogP contribution in [0.4, 0.5) is 0 Å². The number of phenols is 1. The van der Waals surface area contributed by atoms with E-state index >= 15 is 0 Å². The molecular formula is C17H18N2O2S. The van der Waals surface area contributed by atoms with Crippen molar-refractivity contribution in [3.8, 4) is 17.0 Å². The van der Waals surface area contributed by atoms with Gasteiger partial charge in [0.2, 0.25) is 0 Å². The van der Waals surface area contributed by atoms with Crippen molar-refractivity contribution in [2.75, 3.05) is 0 Å². The van der Waals surface area contributed by atoms with Crippen molar-refractivity contribution < 1.29 is 10.2 Å². The summed E-state index contributed by atoms with van der Waals surface area (Å²) in [5.41, 5.74) is 4.01. The summed E-state index contributed by atoms with van der Waals surface area (Å²) >= 11 is 1.63. The van der Waals surface area contributed by atoms with Gasteiger partial charge in [-0.2, -0.15) is 11.3 Å². The van der Waals surface area contributed by atoms with Gasteiger partial charge in [-0.05, 0) is 36.1 Å². The highest BCUT2D eigenvalue weighted by atomic mass is 32.1. The van der Waals surface area contributed by atoms with Gasteiger partial charge < -0.3 is 14.8 Å². The minimum Gasteiger partial charge on any atom is -0.508 e. The Morgan fingerprint density at radius 3 is 2.86 bits per heavy atom. The zero-order valence-electron chi connectivity index (χ0n) is 12.3. The number of hydrogen-bond acceptors (Lipinski definition) is 4. The summed E-state index contributed by atoms with van der Waals surface area (Å²) in [6.45, 7) is 2.40. The van der Waals surface area contributed by atoms with Crippen molar-refractivity contribution in [2.24, 2.45) is 0 Å². The molecule has 0 amide bonds. The maximum Gasteiger partial charge on any atom is 0.115 e. The molecule has 1 aromatic carbocycles. The Balaban J connectivity index is 1.97. The van der Waals surface area contributed by atoms with Crippen LogP contribution in [0, 0.1) is 0 Å². The first-order valence-electron chi connectivity index (χ1n) is 7.16. The van der Waals surface area contributed by atoms with Gasteiger partial charge in [-0.3, -0.25) is 0 Å². The average Bonchev–Trinajstić information content (AvgIpc) is 3.09. The van der Waals surface area contributed by atoms with E-state index in [0.29, 0.717) is 13.0 Å². The Labute approximate surface area is 133 Å². The highest BCUT2D eigenvalue weighted by molar-refractivity contribution is 7.08. The number of rotatable bonds is 5. The first kappa shape index (κ1) is 14.8. The minimum absolute atomic E-state index is 0.257. The van der Waals surface area contributed by atoms with E-state index in [2.05, 4.69) is 10.4 Å². The molecule has 0 aliphatic heterocycles. The van der Waals surface area contributed by atoms with Crippen molar-refractivity contribution in [2.45, 2.75) is 26.0 Å². The number of aliphatic hydroxyl groups excluding tert-OH is 1. The lowest BCUT2D eigenvalue weighted by Gasteiger charge is -2.12. The number of hydrogen-bond donors (Lipinski definition) is 2. The predicted octanol–water partition coefficient (Wildman–Crippen LogP) is 3.29. The zero-order valence-corrected chi connectivity index (χ0v) is 13.1. The standard InChI is InChI=1S/C17H18N2O2S/c1-12(20)7-16-17(14-5-6-22-10-14)18-11-19(16)9-13-3-2-4-15(21)8-13/h2-6,8,10-12,20-21H,7,9H2,1H3. The van der Waals surface area contributed by atoms with Gasteiger partial charge in [0, 0.05) is 29.6 Å². The second kappa shape index (κ2) is 6.34. The third-order valence-corrected chi connectivity index (χ3v) is 4.18. The van der Waals surface area contributed by atoms with E-state index in [1.807, 2.05) is 28.1 Å². The number of nitrogens with zero attached hydrogens (tertiary/aromatic N) is 2. The molecular weight excluding hydrogens is 296 g/mol. The van der Waals surface area contributed by atoms with Crippen LogP contribution in [0.1, 0.15) is 18.2 Å². The molecule has 0 saturated heterocycles. The van der Waals surface area contributed by atoms with Crippen molar-refractivity contribution in [1.82, 2.24) is 9.55 Å². The quantitative estimate of drug-likeness (QED) is 0.760. The molecule has 1 unspecified atom stereocenters. The molecule has 0 radical (unpaired) electrons. The molecule has 1 atom stereocenters. The normalized spacial score (nSPS) is 12.5. The SMILES string of the molecule is CC(O)Cc1c(-c2ccsc2)ncn1Cc1cccc(O)c1. The average molecular weight is 314 g/mol. The smallest absolute Gasteiger partial charge is 0.115 e. The molecule has 22 heavy (non-hydrogen) atoms. The summed E-state index contributed by atoms with van der Waals surface area (Å²) in [5.74, 6) is 0.257. The summed E-state index contributed by atoms with van der Waals surface area (Å²) in [4.78, 5) is 4.53. The molecule has 4 nitrogen and oxygen atoms in total. The van der Waals surface area contributed by atoms with Gasteiger partial charge in [-0.25, -0.2) is 4.98 Å². The zero-order chi connectivity index (χ0) is 15.5. The molecule has 0 saturated carbocycles. The van der Waals surface area contributed by atoms with Gasteiger partial charge in [0.05, 0.1) is 18.1 Å². The van der Waals surface area contributed by atoms with Crippen LogP contribution in [0.5, 0.6) is 5.75 Å². The second-order valence-electron chi connectivity index (χ2n) is 5.40. The first-order valence-corrected chi connectivity index (χ1v) is 8.10.